The van der Waals surface area contributed by atoms with Crippen LogP contribution in [0.25, 0.3) is 0 Å². The number of carbonyl (C=O) groups excluding carboxylic acids is 2. The number of piperazine rings is 1. The highest BCUT2D eigenvalue weighted by Crippen LogP contribution is 2.02. The Morgan fingerprint density at radius 2 is 2.12 bits per heavy atom. The number of nitrogens with one attached hydrogen (secondary N) is 1. The van der Waals surface area contributed by atoms with Gasteiger partial charge in [0.05, 0.1) is 6.54 Å². The minimum absolute atomic E-state index is 0.0245. The van der Waals surface area contributed by atoms with Gasteiger partial charge in [0.25, 0.3) is 0 Å². The standard InChI is InChI=1S/C11H21N3O2/c1-9(2)12-5-4-10(15)14-7-6-13(3)11(16)8-14/h9,12H,4-8H2,1-3H3. The molecule has 0 atom stereocenters. The van der Waals surface area contributed by atoms with E-state index in [1.807, 2.05) is 13.8 Å². The lowest BCUT2D eigenvalue weighted by molar-refractivity contribution is -0.144. The lowest BCUT2D eigenvalue weighted by Gasteiger charge is -2.32. The van der Waals surface area contributed by atoms with Crippen LogP contribution in [0.1, 0.15) is 20.3 Å². The molecule has 0 aromatic carbocycles. The van der Waals surface area contributed by atoms with Gasteiger partial charge in [-0.3, -0.25) is 9.59 Å². The predicted octanol–water partition coefficient (Wildman–Crippen LogP) is -0.325. The summed E-state index contributed by atoms with van der Waals surface area (Å²) in [6.45, 7) is 6.30. The number of carbonyl (C=O) groups is 2. The lowest BCUT2D eigenvalue weighted by atomic mass is 10.2. The molecule has 1 aliphatic rings. The van der Waals surface area contributed by atoms with Crippen LogP contribution in [0, 0.1) is 0 Å². The van der Waals surface area contributed by atoms with Crippen LogP contribution >= 0.6 is 0 Å². The summed E-state index contributed by atoms with van der Waals surface area (Å²) < 4.78 is 0. The normalized spacial score (nSPS) is 17.1. The first-order valence-electron chi connectivity index (χ1n) is 5.76. The lowest BCUT2D eigenvalue weighted by Crippen LogP contribution is -2.51. The van der Waals surface area contributed by atoms with E-state index in [1.54, 1.807) is 16.8 Å². The fraction of sp³-hybridized carbons (Fsp3) is 0.818. The van der Waals surface area contributed by atoms with Crippen molar-refractivity contribution in [2.45, 2.75) is 26.3 Å². The molecule has 0 bridgehead atoms. The first kappa shape index (κ1) is 13.0. The predicted molar refractivity (Wildman–Crippen MR) is 62.0 cm³/mol. The molecule has 1 saturated heterocycles. The first-order valence-corrected chi connectivity index (χ1v) is 5.76. The summed E-state index contributed by atoms with van der Waals surface area (Å²) in [4.78, 5) is 26.5. The second-order valence-corrected chi connectivity index (χ2v) is 4.49. The molecule has 5 heteroatoms. The highest BCUT2D eigenvalue weighted by atomic mass is 16.2. The molecule has 1 rings (SSSR count). The Labute approximate surface area is 96.8 Å². The van der Waals surface area contributed by atoms with Gasteiger partial charge in [-0.25, -0.2) is 0 Å². The zero-order valence-electron chi connectivity index (χ0n) is 10.3. The van der Waals surface area contributed by atoms with Crippen molar-refractivity contribution in [3.63, 3.8) is 0 Å². The van der Waals surface area contributed by atoms with Crippen LogP contribution in [0.4, 0.5) is 0 Å². The van der Waals surface area contributed by atoms with Gasteiger partial charge in [-0.2, -0.15) is 0 Å². The highest BCUT2D eigenvalue weighted by molar-refractivity contribution is 5.85. The third-order valence-electron chi connectivity index (χ3n) is 2.70. The zero-order chi connectivity index (χ0) is 12.1. The number of hydrogen-bond acceptors (Lipinski definition) is 3. The maximum atomic E-state index is 11.7. The Morgan fingerprint density at radius 3 is 2.69 bits per heavy atom. The maximum Gasteiger partial charge on any atom is 0.241 e. The van der Waals surface area contributed by atoms with Crippen molar-refractivity contribution in [2.75, 3.05) is 33.2 Å². The first-order chi connectivity index (χ1) is 7.50. The number of amides is 2. The van der Waals surface area contributed by atoms with Crippen molar-refractivity contribution in [1.29, 1.82) is 0 Å². The smallest absolute Gasteiger partial charge is 0.241 e. The minimum atomic E-state index is 0.0245. The number of nitrogens with zero attached hydrogens (tertiary/aromatic N) is 2. The van der Waals surface area contributed by atoms with E-state index in [0.29, 0.717) is 32.1 Å². The van der Waals surface area contributed by atoms with E-state index in [-0.39, 0.29) is 18.4 Å². The van der Waals surface area contributed by atoms with Gasteiger partial charge in [0.15, 0.2) is 0 Å². The second kappa shape index (κ2) is 5.84. The summed E-state index contributed by atoms with van der Waals surface area (Å²) in [5, 5.41) is 3.19. The van der Waals surface area contributed by atoms with Gasteiger partial charge >= 0.3 is 0 Å². The van der Waals surface area contributed by atoms with Gasteiger partial charge < -0.3 is 15.1 Å². The molecular formula is C11H21N3O2. The number of hydrogen-bond donors (Lipinski definition) is 1. The largest absolute Gasteiger partial charge is 0.342 e. The average molecular weight is 227 g/mol. The van der Waals surface area contributed by atoms with Crippen molar-refractivity contribution >= 4 is 11.8 Å². The number of likely N-dealkylation sites (N-methyl/N-ethyl adjacent to an activating group) is 1. The van der Waals surface area contributed by atoms with Gasteiger partial charge in [0.2, 0.25) is 11.8 Å². The van der Waals surface area contributed by atoms with E-state index in [1.165, 1.54) is 0 Å². The molecule has 92 valence electrons. The molecule has 0 aromatic rings. The Balaban J connectivity index is 2.29. The van der Waals surface area contributed by atoms with Crippen molar-refractivity contribution in [1.82, 2.24) is 15.1 Å². The molecule has 0 saturated carbocycles. The van der Waals surface area contributed by atoms with Crippen LogP contribution in [0.5, 0.6) is 0 Å². The highest BCUT2D eigenvalue weighted by Gasteiger charge is 2.24. The minimum Gasteiger partial charge on any atom is -0.342 e. The fourth-order valence-electron chi connectivity index (χ4n) is 1.60. The van der Waals surface area contributed by atoms with Crippen molar-refractivity contribution < 1.29 is 9.59 Å². The van der Waals surface area contributed by atoms with E-state index >= 15 is 0 Å². The van der Waals surface area contributed by atoms with Gasteiger partial charge in [0.1, 0.15) is 0 Å². The summed E-state index contributed by atoms with van der Waals surface area (Å²) in [6.07, 6.45) is 0.467. The quantitative estimate of drug-likeness (QED) is 0.716. The third kappa shape index (κ3) is 3.81. The Morgan fingerprint density at radius 1 is 1.44 bits per heavy atom. The molecule has 0 aliphatic carbocycles. The summed E-state index contributed by atoms with van der Waals surface area (Å²) in [6, 6.07) is 0.391. The summed E-state index contributed by atoms with van der Waals surface area (Å²) in [5.41, 5.74) is 0. The van der Waals surface area contributed by atoms with E-state index in [2.05, 4.69) is 5.32 Å². The fourth-order valence-corrected chi connectivity index (χ4v) is 1.60. The van der Waals surface area contributed by atoms with Gasteiger partial charge in [-0.15, -0.1) is 0 Å². The van der Waals surface area contributed by atoms with Crippen molar-refractivity contribution in [2.24, 2.45) is 0 Å². The number of rotatable bonds is 4. The Bertz CT molecular complexity index is 266. The Hall–Kier alpha value is -1.10. The van der Waals surface area contributed by atoms with Crippen LogP contribution in [0.3, 0.4) is 0 Å². The van der Waals surface area contributed by atoms with Crippen LogP contribution in [-0.4, -0.2) is 60.9 Å². The van der Waals surface area contributed by atoms with E-state index in [9.17, 15) is 9.59 Å². The van der Waals surface area contributed by atoms with Crippen molar-refractivity contribution in [3.8, 4) is 0 Å². The summed E-state index contributed by atoms with van der Waals surface area (Å²) >= 11 is 0. The molecule has 16 heavy (non-hydrogen) atoms. The van der Waals surface area contributed by atoms with Crippen LogP contribution in [0.2, 0.25) is 0 Å². The molecule has 1 heterocycles. The van der Waals surface area contributed by atoms with Crippen LogP contribution in [0.15, 0.2) is 0 Å². The molecule has 0 radical (unpaired) electrons. The second-order valence-electron chi connectivity index (χ2n) is 4.49. The molecule has 0 spiro atoms. The topological polar surface area (TPSA) is 52.7 Å². The average Bonchev–Trinajstić information content (AvgIpc) is 2.21. The zero-order valence-corrected chi connectivity index (χ0v) is 10.3. The van der Waals surface area contributed by atoms with Gasteiger partial charge in [-0.05, 0) is 0 Å². The maximum absolute atomic E-state index is 11.7. The third-order valence-corrected chi connectivity index (χ3v) is 2.70. The van der Waals surface area contributed by atoms with Crippen molar-refractivity contribution in [3.05, 3.63) is 0 Å². The van der Waals surface area contributed by atoms with Crippen LogP contribution < -0.4 is 5.32 Å². The molecule has 1 N–H and O–H groups in total. The van der Waals surface area contributed by atoms with Crippen LogP contribution in [-0.2, 0) is 9.59 Å². The summed E-state index contributed by atoms with van der Waals surface area (Å²) in [5.74, 6) is 0.0889. The monoisotopic (exact) mass is 227 g/mol. The summed E-state index contributed by atoms with van der Waals surface area (Å²) in [7, 11) is 1.77. The molecule has 5 nitrogen and oxygen atoms in total. The molecule has 0 unspecified atom stereocenters. The molecule has 0 aromatic heterocycles. The van der Waals surface area contributed by atoms with Gasteiger partial charge in [-0.1, -0.05) is 13.8 Å². The Kier molecular flexibility index (Phi) is 4.73. The van der Waals surface area contributed by atoms with E-state index in [0.717, 1.165) is 0 Å². The van der Waals surface area contributed by atoms with E-state index in [4.69, 9.17) is 0 Å². The molecule has 1 aliphatic heterocycles. The SMILES string of the molecule is CC(C)NCCC(=O)N1CCN(C)C(=O)C1. The molecule has 2 amide bonds. The van der Waals surface area contributed by atoms with E-state index < -0.39 is 0 Å². The molecule has 1 fully saturated rings. The molecular weight excluding hydrogens is 206 g/mol. The van der Waals surface area contributed by atoms with Gasteiger partial charge in [0, 0.05) is 39.1 Å².